The average Bonchev–Trinajstić information content (AvgIpc) is 3.19. The zero-order chi connectivity index (χ0) is 23.8. The summed E-state index contributed by atoms with van der Waals surface area (Å²) in [6, 6.07) is 15.7. The summed E-state index contributed by atoms with van der Waals surface area (Å²) in [6.45, 7) is 4.71. The van der Waals surface area contributed by atoms with Gasteiger partial charge in [0.25, 0.3) is 0 Å². The molecule has 2 saturated carbocycles. The van der Waals surface area contributed by atoms with Crippen LogP contribution in [0.25, 0.3) is 0 Å². The molecule has 1 saturated heterocycles. The number of ether oxygens (including phenoxy) is 2. The van der Waals surface area contributed by atoms with Crippen molar-refractivity contribution in [2.75, 3.05) is 20.2 Å². The van der Waals surface area contributed by atoms with E-state index in [1.54, 1.807) is 7.11 Å². The lowest BCUT2D eigenvalue weighted by atomic mass is 9.46. The van der Waals surface area contributed by atoms with E-state index in [2.05, 4.69) is 54.3 Å². The summed E-state index contributed by atoms with van der Waals surface area (Å²) in [5, 5.41) is 12.0. The Bertz CT molecular complexity index is 1120. The molecule has 2 heterocycles. The number of aliphatic hydroxyl groups is 1. The molecule has 4 nitrogen and oxygen atoms in total. The zero-order valence-electron chi connectivity index (χ0n) is 21.6. The zero-order valence-corrected chi connectivity index (χ0v) is 22.4. The molecule has 4 unspecified atom stereocenters. The second kappa shape index (κ2) is 8.92. The highest BCUT2D eigenvalue weighted by Gasteiger charge is 2.69. The molecule has 5 heteroatoms. The van der Waals surface area contributed by atoms with E-state index in [4.69, 9.17) is 9.47 Å². The largest absolute Gasteiger partial charge is 0.493 e. The van der Waals surface area contributed by atoms with Gasteiger partial charge in [-0.3, -0.25) is 4.90 Å². The highest BCUT2D eigenvalue weighted by molar-refractivity contribution is 5.85. The number of rotatable bonds is 6. The first kappa shape index (κ1) is 24.6. The van der Waals surface area contributed by atoms with Gasteiger partial charge in [-0.05, 0) is 85.9 Å². The van der Waals surface area contributed by atoms with E-state index in [-0.39, 0.29) is 29.3 Å². The van der Waals surface area contributed by atoms with Crippen molar-refractivity contribution in [3.8, 4) is 11.5 Å². The van der Waals surface area contributed by atoms with E-state index in [0.717, 1.165) is 56.1 Å². The van der Waals surface area contributed by atoms with Gasteiger partial charge in [0.05, 0.1) is 13.2 Å². The maximum atomic E-state index is 12.0. The van der Waals surface area contributed by atoms with Crippen LogP contribution in [-0.2, 0) is 18.3 Å². The van der Waals surface area contributed by atoms with Crippen molar-refractivity contribution < 1.29 is 14.6 Å². The fourth-order valence-electron chi connectivity index (χ4n) is 8.59. The molecule has 0 radical (unpaired) electrons. The van der Waals surface area contributed by atoms with Crippen LogP contribution in [0.4, 0.5) is 0 Å². The first-order valence-corrected chi connectivity index (χ1v) is 13.9. The number of methoxy groups -OCH3 is 1. The van der Waals surface area contributed by atoms with E-state index in [0.29, 0.717) is 12.0 Å². The molecule has 2 bridgehead atoms. The molecule has 2 aliphatic heterocycles. The predicted octanol–water partition coefficient (Wildman–Crippen LogP) is 5.57. The van der Waals surface area contributed by atoms with Gasteiger partial charge in [-0.2, -0.15) is 0 Å². The number of halogens is 1. The lowest BCUT2D eigenvalue weighted by molar-refractivity contribution is -0.165. The molecular formula is C31H40ClNO3. The lowest BCUT2D eigenvalue weighted by Gasteiger charge is -2.63. The summed E-state index contributed by atoms with van der Waals surface area (Å²) in [4.78, 5) is 2.84. The van der Waals surface area contributed by atoms with Crippen molar-refractivity contribution in [1.82, 2.24) is 4.90 Å². The molecule has 3 aliphatic carbocycles. The van der Waals surface area contributed by atoms with Gasteiger partial charge in [-0.25, -0.2) is 0 Å². The van der Waals surface area contributed by atoms with Crippen LogP contribution in [-0.4, -0.2) is 48.5 Å². The van der Waals surface area contributed by atoms with Crippen LogP contribution in [0.2, 0.25) is 0 Å². The second-order valence-electron chi connectivity index (χ2n) is 12.4. The van der Waals surface area contributed by atoms with Gasteiger partial charge in [0.2, 0.25) is 0 Å². The van der Waals surface area contributed by atoms with Crippen LogP contribution in [0, 0.1) is 17.3 Å². The maximum absolute atomic E-state index is 12.0. The number of nitrogens with zero attached hydrogens (tertiary/aromatic N) is 1. The van der Waals surface area contributed by atoms with Gasteiger partial charge >= 0.3 is 0 Å². The fourth-order valence-corrected chi connectivity index (χ4v) is 8.59. The smallest absolute Gasteiger partial charge is 0.165 e. The third-order valence-corrected chi connectivity index (χ3v) is 10.7. The number of piperidine rings is 1. The first-order chi connectivity index (χ1) is 17.0. The molecular weight excluding hydrogens is 470 g/mol. The Morgan fingerprint density at radius 2 is 1.94 bits per heavy atom. The van der Waals surface area contributed by atoms with E-state index < -0.39 is 6.10 Å². The third kappa shape index (κ3) is 3.40. The second-order valence-corrected chi connectivity index (χ2v) is 12.4. The number of benzene rings is 2. The maximum Gasteiger partial charge on any atom is 0.165 e. The Labute approximate surface area is 221 Å². The molecule has 7 rings (SSSR count). The SMILES string of the molecule is COc1ccc2c3c1OC1[C@@H](O)[C@](C)(CCc4ccccc4)CC4C(C2)N(CC2CCC2)CCC341.Cl. The molecule has 5 aliphatic rings. The van der Waals surface area contributed by atoms with Crippen molar-refractivity contribution in [1.29, 1.82) is 0 Å². The van der Waals surface area contributed by atoms with Crippen LogP contribution in [0.1, 0.15) is 62.1 Å². The summed E-state index contributed by atoms with van der Waals surface area (Å²) >= 11 is 0. The van der Waals surface area contributed by atoms with Gasteiger partial charge in [-0.1, -0.05) is 49.7 Å². The Morgan fingerprint density at radius 3 is 2.67 bits per heavy atom. The van der Waals surface area contributed by atoms with Crippen molar-refractivity contribution in [3.05, 3.63) is 59.2 Å². The minimum atomic E-state index is -0.482. The fraction of sp³-hybridized carbons (Fsp3) is 0.613. The molecule has 3 fully saturated rings. The topological polar surface area (TPSA) is 41.9 Å². The van der Waals surface area contributed by atoms with Crippen LogP contribution in [0.5, 0.6) is 11.5 Å². The van der Waals surface area contributed by atoms with Crippen LogP contribution < -0.4 is 9.47 Å². The third-order valence-electron chi connectivity index (χ3n) is 10.7. The lowest BCUT2D eigenvalue weighted by Crippen LogP contribution is -2.70. The van der Waals surface area contributed by atoms with Gasteiger partial charge in [0, 0.05) is 23.6 Å². The molecule has 0 amide bonds. The first-order valence-electron chi connectivity index (χ1n) is 13.9. The molecule has 0 aromatic heterocycles. The van der Waals surface area contributed by atoms with E-state index >= 15 is 0 Å². The minimum Gasteiger partial charge on any atom is -0.493 e. The Morgan fingerprint density at radius 1 is 1.14 bits per heavy atom. The quantitative estimate of drug-likeness (QED) is 0.553. The van der Waals surface area contributed by atoms with Crippen LogP contribution >= 0.6 is 12.4 Å². The number of aliphatic hydroxyl groups excluding tert-OH is 1. The summed E-state index contributed by atoms with van der Waals surface area (Å²) in [6.07, 6.45) is 8.79. The van der Waals surface area contributed by atoms with Gasteiger partial charge in [0.15, 0.2) is 11.5 Å². The van der Waals surface area contributed by atoms with E-state index in [9.17, 15) is 5.11 Å². The minimum absolute atomic E-state index is 0. The average molecular weight is 510 g/mol. The number of hydrogen-bond acceptors (Lipinski definition) is 4. The van der Waals surface area contributed by atoms with Gasteiger partial charge in [-0.15, -0.1) is 12.4 Å². The van der Waals surface area contributed by atoms with Crippen LogP contribution in [0.15, 0.2) is 42.5 Å². The standard InChI is InChI=1S/C31H39NO3.ClH/c1-30(14-13-20-7-4-3-5-8-20)18-23-24-17-22-11-12-25(34-2)27-26(22)31(23,29(35-27)28(30)33)15-16-32(24)19-21-9-6-10-21;/h3-5,7-8,11-12,21,23-24,28-29,33H,6,9-10,13-19H2,1-2H3;1H/t23?,24?,28-,29?,30-,31?;/m1./s1. The van der Waals surface area contributed by atoms with E-state index in [1.807, 2.05) is 0 Å². The summed E-state index contributed by atoms with van der Waals surface area (Å²) < 4.78 is 12.6. The van der Waals surface area contributed by atoms with Crippen molar-refractivity contribution in [3.63, 3.8) is 0 Å². The number of likely N-dealkylation sites (tertiary alicyclic amines) is 1. The van der Waals surface area contributed by atoms with Crippen LogP contribution in [0.3, 0.4) is 0 Å². The van der Waals surface area contributed by atoms with Crippen molar-refractivity contribution in [2.45, 2.75) is 82.0 Å². The summed E-state index contributed by atoms with van der Waals surface area (Å²) in [7, 11) is 1.74. The Kier molecular flexibility index (Phi) is 6.09. The molecule has 36 heavy (non-hydrogen) atoms. The van der Waals surface area contributed by atoms with Gasteiger partial charge in [0.1, 0.15) is 6.10 Å². The molecule has 6 atom stereocenters. The van der Waals surface area contributed by atoms with Crippen molar-refractivity contribution in [2.24, 2.45) is 17.3 Å². The monoisotopic (exact) mass is 509 g/mol. The number of hydrogen-bond donors (Lipinski definition) is 1. The normalized spacial score (nSPS) is 36.3. The molecule has 2 aromatic carbocycles. The summed E-state index contributed by atoms with van der Waals surface area (Å²) in [5.74, 6) is 3.16. The Balaban J connectivity index is 0.00000240. The molecule has 194 valence electrons. The molecule has 1 N–H and O–H groups in total. The predicted molar refractivity (Wildman–Crippen MR) is 144 cm³/mol. The molecule has 2 aromatic rings. The Hall–Kier alpha value is -1.75. The summed E-state index contributed by atoms with van der Waals surface area (Å²) in [5.41, 5.74) is 3.93. The van der Waals surface area contributed by atoms with E-state index in [1.165, 1.54) is 42.5 Å². The van der Waals surface area contributed by atoms with Gasteiger partial charge < -0.3 is 14.6 Å². The molecule has 1 spiro atoms. The van der Waals surface area contributed by atoms with Crippen molar-refractivity contribution >= 4 is 12.4 Å². The highest BCUT2D eigenvalue weighted by atomic mass is 35.5. The number of aryl methyl sites for hydroxylation is 1. The highest BCUT2D eigenvalue weighted by Crippen LogP contribution is 2.67.